The van der Waals surface area contributed by atoms with Crippen LogP contribution in [-0.4, -0.2) is 87.1 Å². The van der Waals surface area contributed by atoms with Gasteiger partial charge >= 0.3 is 6.03 Å². The molecule has 5 amide bonds. The van der Waals surface area contributed by atoms with E-state index in [4.69, 9.17) is 6.42 Å². The number of urea groups is 1. The Morgan fingerprint density at radius 1 is 1.00 bits per heavy atom. The number of likely N-dealkylation sites (tertiary alicyclic amines) is 1. The van der Waals surface area contributed by atoms with Gasteiger partial charge in [-0.3, -0.25) is 19.2 Å². The average molecular weight is 766 g/mol. The smallest absolute Gasteiger partial charge is 0.315 e. The Balaban J connectivity index is 1.40. The van der Waals surface area contributed by atoms with E-state index >= 15 is 4.79 Å². The molecule has 4 aliphatic carbocycles. The van der Waals surface area contributed by atoms with Crippen LogP contribution in [0.4, 0.5) is 4.79 Å². The van der Waals surface area contributed by atoms with Gasteiger partial charge in [-0.15, -0.1) is 6.42 Å². The lowest BCUT2D eigenvalue weighted by Crippen LogP contribution is -2.64. The predicted molar refractivity (Wildman–Crippen MR) is 218 cm³/mol. The number of ketones is 1. The summed E-state index contributed by atoms with van der Waals surface area (Å²) in [7, 11) is -0.0109. The minimum atomic E-state index is -1.05. The third-order valence-electron chi connectivity index (χ3n) is 14.0. The number of nitrogens with one attached hydrogen (secondary N) is 4. The molecule has 4 fully saturated rings. The molecule has 1 aliphatic heterocycles. The second kappa shape index (κ2) is 16.9. The van der Waals surface area contributed by atoms with Crippen LogP contribution in [0, 0.1) is 40.9 Å². The number of hydrogen-bond acceptors (Lipinski definition) is 5. The zero-order chi connectivity index (χ0) is 39.5. The zero-order valence-electron chi connectivity index (χ0n) is 34.0. The van der Waals surface area contributed by atoms with Crippen LogP contribution in [0.15, 0.2) is 12.2 Å². The number of terminal acetylenes is 1. The van der Waals surface area contributed by atoms with E-state index in [1.807, 2.05) is 12.2 Å². The molecular weight excluding hydrogens is 699 g/mol. The first-order chi connectivity index (χ1) is 25.5. The third-order valence-corrected chi connectivity index (χ3v) is 17.2. The summed E-state index contributed by atoms with van der Waals surface area (Å²) < 4.78 is 0.120. The molecular formula is C43H67N5O5S. The first-order valence-corrected chi connectivity index (χ1v) is 22.1. The Morgan fingerprint density at radius 2 is 1.63 bits per heavy atom. The lowest BCUT2D eigenvalue weighted by atomic mass is 9.70. The number of nitrogens with zero attached hydrogens (tertiary/aromatic N) is 1. The molecule has 1 heterocycles. The summed E-state index contributed by atoms with van der Waals surface area (Å²) in [5.74, 6) is 1.06. The van der Waals surface area contributed by atoms with Crippen molar-refractivity contribution in [1.82, 2.24) is 26.2 Å². The maximum Gasteiger partial charge on any atom is 0.315 e. The van der Waals surface area contributed by atoms with Crippen molar-refractivity contribution >= 4 is 45.4 Å². The number of carbonyl (C=O) groups excluding carboxylic acids is 5. The Hall–Kier alpha value is -3.13. The van der Waals surface area contributed by atoms with Crippen LogP contribution in [0.3, 0.4) is 0 Å². The van der Waals surface area contributed by atoms with E-state index < -0.39 is 41.1 Å². The lowest BCUT2D eigenvalue weighted by Gasteiger charge is -2.45. The van der Waals surface area contributed by atoms with Crippen LogP contribution < -0.4 is 21.3 Å². The first kappa shape index (κ1) is 42.0. The van der Waals surface area contributed by atoms with Crippen LogP contribution in [0.1, 0.15) is 132 Å². The molecule has 7 atom stereocenters. The van der Waals surface area contributed by atoms with Crippen LogP contribution in [0.5, 0.6) is 0 Å². The highest BCUT2D eigenvalue weighted by molar-refractivity contribution is 8.16. The highest BCUT2D eigenvalue weighted by atomic mass is 32.2. The molecule has 300 valence electrons. The second-order valence-electron chi connectivity index (χ2n) is 18.4. The van der Waals surface area contributed by atoms with Gasteiger partial charge in [0.15, 0.2) is 0 Å². The molecule has 5 rings (SSSR count). The fourth-order valence-corrected chi connectivity index (χ4v) is 12.4. The van der Waals surface area contributed by atoms with Crippen molar-refractivity contribution in [3.05, 3.63) is 12.2 Å². The summed E-state index contributed by atoms with van der Waals surface area (Å²) in [4.78, 5) is 71.6. The van der Waals surface area contributed by atoms with Crippen molar-refractivity contribution < 1.29 is 24.0 Å². The van der Waals surface area contributed by atoms with E-state index in [1.54, 1.807) is 4.90 Å². The summed E-state index contributed by atoms with van der Waals surface area (Å²) in [6.07, 6.45) is 21.1. The van der Waals surface area contributed by atoms with Crippen molar-refractivity contribution in [2.75, 3.05) is 18.8 Å². The number of carbonyl (C=O) groups is 5. The fraction of sp³-hybridized carbons (Fsp3) is 0.767. The topological polar surface area (TPSA) is 137 Å². The zero-order valence-corrected chi connectivity index (χ0v) is 34.8. The highest BCUT2D eigenvalue weighted by Gasteiger charge is 2.70. The Kier molecular flexibility index (Phi) is 13.2. The molecule has 0 aromatic carbocycles. The molecule has 5 unspecified atom stereocenters. The molecule has 4 N–H and O–H groups in total. The van der Waals surface area contributed by atoms with Gasteiger partial charge in [0.05, 0.1) is 18.1 Å². The molecule has 1 saturated heterocycles. The molecule has 0 aromatic heterocycles. The van der Waals surface area contributed by atoms with Gasteiger partial charge < -0.3 is 26.2 Å². The lowest BCUT2D eigenvalue weighted by molar-refractivity contribution is -0.146. The van der Waals surface area contributed by atoms with Gasteiger partial charge in [0.2, 0.25) is 17.6 Å². The maximum absolute atomic E-state index is 15.1. The first-order valence-electron chi connectivity index (χ1n) is 20.6. The number of Topliss-reactive ketones (excluding diaryl/α,β-unsaturated/α-hetero) is 1. The van der Waals surface area contributed by atoms with E-state index in [9.17, 15) is 19.2 Å². The minimum absolute atomic E-state index is 0.0109. The minimum Gasteiger partial charge on any atom is -0.344 e. The molecule has 54 heavy (non-hydrogen) atoms. The summed E-state index contributed by atoms with van der Waals surface area (Å²) in [6.45, 7) is 15.7. The molecule has 0 radical (unpaired) electrons. The van der Waals surface area contributed by atoms with E-state index in [2.05, 4.69) is 81.0 Å². The predicted octanol–water partition coefficient (Wildman–Crippen LogP) is 5.86. The summed E-state index contributed by atoms with van der Waals surface area (Å²) in [6, 6.07) is -2.99. The van der Waals surface area contributed by atoms with Crippen molar-refractivity contribution in [2.24, 2.45) is 28.6 Å². The van der Waals surface area contributed by atoms with E-state index in [1.165, 1.54) is 0 Å². The van der Waals surface area contributed by atoms with Gasteiger partial charge in [-0.2, -0.15) is 10.5 Å². The monoisotopic (exact) mass is 765 g/mol. The van der Waals surface area contributed by atoms with Gasteiger partial charge in [-0.1, -0.05) is 104 Å². The summed E-state index contributed by atoms with van der Waals surface area (Å²) in [5, 5.41) is 14.4. The molecule has 0 aromatic rings. The molecule has 0 bridgehead atoms. The molecule has 3 saturated carbocycles. The van der Waals surface area contributed by atoms with Gasteiger partial charge in [0.25, 0.3) is 5.91 Å². The third kappa shape index (κ3) is 8.95. The number of allylic oxidation sites excluding steroid dienone is 2. The molecule has 11 heteroatoms. The van der Waals surface area contributed by atoms with E-state index in [0.717, 1.165) is 82.8 Å². The van der Waals surface area contributed by atoms with Crippen LogP contribution >= 0.6 is 10.5 Å². The number of amides is 5. The SMILES string of the molecule is C#CCNC(=O)C(=O)C(CC1C=CC1)NC(=O)[C@@H]1C2C(CN1C(=O)[C@@H](NC(=O)NC1(C/S(=C/C)C(C)(C)CC)CCCCC1)C1(C)CCCCC1)C2(C)C. The Morgan fingerprint density at radius 3 is 2.19 bits per heavy atom. The Bertz CT molecular complexity index is 1550. The highest BCUT2D eigenvalue weighted by Crippen LogP contribution is 2.65. The fourth-order valence-electron chi connectivity index (χ4n) is 9.86. The van der Waals surface area contributed by atoms with Crippen LogP contribution in [0.2, 0.25) is 0 Å². The van der Waals surface area contributed by atoms with Crippen molar-refractivity contribution in [1.29, 1.82) is 0 Å². The van der Waals surface area contributed by atoms with Crippen molar-refractivity contribution in [2.45, 2.75) is 160 Å². The molecule has 0 spiro atoms. The summed E-state index contributed by atoms with van der Waals surface area (Å²) >= 11 is 0. The standard InChI is InChI=1S/C43H67N5O5S/c1-9-25-44-37(51)34(49)31(26-29-19-18-20-29)45-36(50)33-32-30(41(32,6)7)27-48(33)38(52)35(42(8)21-14-12-15-22-42)46-39(53)47-43(23-16-13-17-24-43)28-54(11-3)40(4,5)10-2/h1,11,18-19,29-33,35H,10,12-17,20-28H2,2-8H3,(H,44,51)(H,45,50)(H2,46,47,53)/t29?,30?,31?,32?,33-,35+,54?/m0/s1. The number of fused-ring (bicyclic) bond motifs is 1. The van der Waals surface area contributed by atoms with Gasteiger partial charge in [-0.05, 0) is 80.5 Å². The largest absolute Gasteiger partial charge is 0.344 e. The van der Waals surface area contributed by atoms with Gasteiger partial charge in [0, 0.05) is 17.0 Å². The molecule has 5 aliphatic rings. The van der Waals surface area contributed by atoms with Crippen LogP contribution in [-0.2, 0) is 19.2 Å². The number of hydrogen-bond donors (Lipinski definition) is 4. The van der Waals surface area contributed by atoms with E-state index in [0.29, 0.717) is 13.0 Å². The Labute approximate surface area is 326 Å². The summed E-state index contributed by atoms with van der Waals surface area (Å²) in [5.41, 5.74) is -0.996. The number of rotatable bonds is 15. The van der Waals surface area contributed by atoms with Crippen molar-refractivity contribution in [3.8, 4) is 12.3 Å². The molecule has 10 nitrogen and oxygen atoms in total. The quantitative estimate of drug-likeness (QED) is 0.0717. The van der Waals surface area contributed by atoms with Crippen molar-refractivity contribution in [3.63, 3.8) is 0 Å². The second-order valence-corrected chi connectivity index (χ2v) is 21.1. The van der Waals surface area contributed by atoms with E-state index in [-0.39, 0.29) is 62.4 Å². The maximum atomic E-state index is 15.1. The number of piperidine rings is 1. The van der Waals surface area contributed by atoms with Gasteiger partial charge in [0.1, 0.15) is 12.1 Å². The normalized spacial score (nSPS) is 27.9. The average Bonchev–Trinajstić information content (AvgIpc) is 3.42. The van der Waals surface area contributed by atoms with Gasteiger partial charge in [-0.25, -0.2) is 4.79 Å². The van der Waals surface area contributed by atoms with Crippen LogP contribution in [0.25, 0.3) is 0 Å².